The fourth-order valence-electron chi connectivity index (χ4n) is 4.70. The monoisotopic (exact) mass is 506 g/mol. The molecule has 0 aromatic heterocycles. The Balaban J connectivity index is 1.44. The van der Waals surface area contributed by atoms with E-state index in [1.165, 1.54) is 16.7 Å². The minimum absolute atomic E-state index is 0.137. The van der Waals surface area contributed by atoms with E-state index in [4.69, 9.17) is 14.2 Å². The molecule has 0 spiro atoms. The molecule has 1 heterocycles. The second-order valence-corrected chi connectivity index (χ2v) is 10.6. The molecular weight excluding hydrogens is 472 g/mol. The Bertz CT molecular complexity index is 1200. The second kappa shape index (κ2) is 11.7. The van der Waals surface area contributed by atoms with Crippen LogP contribution in [-0.4, -0.2) is 35.8 Å². The van der Waals surface area contributed by atoms with Crippen LogP contribution in [0.25, 0.3) is 11.1 Å². The van der Waals surface area contributed by atoms with Gasteiger partial charge in [0.15, 0.2) is 0 Å². The molecule has 0 amide bonds. The van der Waals surface area contributed by atoms with Gasteiger partial charge in [-0.05, 0) is 71.7 Å². The highest BCUT2D eigenvalue weighted by atomic mass is 32.2. The molecule has 36 heavy (non-hydrogen) atoms. The molecule has 1 N–H and O–H groups in total. The smallest absolute Gasteiger partial charge is 0.306 e. The number of carboxylic acid groups (broad SMARTS) is 1. The molecule has 1 aliphatic rings. The SMILES string of the molecule is CCSCCOc1cc(C)c(-c2cccc(COc3ccc4c(c3)OC[C@H]4C(C)C(=O)O)c2)c(C)c1. The summed E-state index contributed by atoms with van der Waals surface area (Å²) in [6, 6.07) is 18.3. The molecule has 190 valence electrons. The highest BCUT2D eigenvalue weighted by Gasteiger charge is 2.33. The number of carboxylic acids is 1. The van der Waals surface area contributed by atoms with Crippen LogP contribution in [0.2, 0.25) is 0 Å². The van der Waals surface area contributed by atoms with E-state index in [-0.39, 0.29) is 5.92 Å². The lowest BCUT2D eigenvalue weighted by atomic mass is 9.89. The van der Waals surface area contributed by atoms with Crippen LogP contribution in [0, 0.1) is 19.8 Å². The van der Waals surface area contributed by atoms with Crippen molar-refractivity contribution in [3.8, 4) is 28.4 Å². The molecule has 0 aliphatic carbocycles. The lowest BCUT2D eigenvalue weighted by molar-refractivity contribution is -0.142. The molecule has 3 aromatic rings. The van der Waals surface area contributed by atoms with Gasteiger partial charge in [0, 0.05) is 23.3 Å². The molecule has 5 nitrogen and oxygen atoms in total. The Morgan fingerprint density at radius 3 is 2.58 bits per heavy atom. The Morgan fingerprint density at radius 1 is 1.08 bits per heavy atom. The summed E-state index contributed by atoms with van der Waals surface area (Å²) in [5, 5.41) is 9.35. The third-order valence-electron chi connectivity index (χ3n) is 6.62. The lowest BCUT2D eigenvalue weighted by Gasteiger charge is -2.15. The van der Waals surface area contributed by atoms with Crippen LogP contribution >= 0.6 is 11.8 Å². The summed E-state index contributed by atoms with van der Waals surface area (Å²) in [5.74, 6) is 3.00. The van der Waals surface area contributed by atoms with Crippen molar-refractivity contribution < 1.29 is 24.1 Å². The highest BCUT2D eigenvalue weighted by molar-refractivity contribution is 7.99. The summed E-state index contributed by atoms with van der Waals surface area (Å²) in [6.45, 7) is 9.66. The van der Waals surface area contributed by atoms with Gasteiger partial charge >= 0.3 is 5.97 Å². The molecule has 0 saturated carbocycles. The van der Waals surface area contributed by atoms with Crippen molar-refractivity contribution >= 4 is 17.7 Å². The maximum atomic E-state index is 11.4. The molecule has 0 radical (unpaired) electrons. The van der Waals surface area contributed by atoms with Crippen molar-refractivity contribution in [1.29, 1.82) is 0 Å². The first kappa shape index (κ1) is 26.0. The predicted molar refractivity (Wildman–Crippen MR) is 146 cm³/mol. The summed E-state index contributed by atoms with van der Waals surface area (Å²) < 4.78 is 17.8. The van der Waals surface area contributed by atoms with Crippen molar-refractivity contribution in [2.45, 2.75) is 40.2 Å². The summed E-state index contributed by atoms with van der Waals surface area (Å²) in [5.41, 5.74) is 6.75. The van der Waals surface area contributed by atoms with Crippen molar-refractivity contribution in [2.75, 3.05) is 24.7 Å². The van der Waals surface area contributed by atoms with E-state index in [1.54, 1.807) is 6.92 Å². The average Bonchev–Trinajstić information content (AvgIpc) is 3.28. The summed E-state index contributed by atoms with van der Waals surface area (Å²) in [7, 11) is 0. The molecule has 3 aromatic carbocycles. The second-order valence-electron chi connectivity index (χ2n) is 9.21. The number of fused-ring (bicyclic) bond motifs is 1. The first-order chi connectivity index (χ1) is 17.4. The van der Waals surface area contributed by atoms with Crippen LogP contribution in [0.4, 0.5) is 0 Å². The largest absolute Gasteiger partial charge is 0.493 e. The summed E-state index contributed by atoms with van der Waals surface area (Å²) in [6.07, 6.45) is 0. The molecule has 0 saturated heterocycles. The van der Waals surface area contributed by atoms with Gasteiger partial charge in [-0.25, -0.2) is 0 Å². The summed E-state index contributed by atoms with van der Waals surface area (Å²) >= 11 is 1.88. The van der Waals surface area contributed by atoms with Crippen LogP contribution in [0.3, 0.4) is 0 Å². The van der Waals surface area contributed by atoms with E-state index < -0.39 is 11.9 Å². The highest BCUT2D eigenvalue weighted by Crippen LogP contribution is 2.40. The zero-order chi connectivity index (χ0) is 25.7. The number of ether oxygens (including phenoxy) is 3. The van der Waals surface area contributed by atoms with Crippen LogP contribution in [0.15, 0.2) is 54.6 Å². The molecule has 0 fully saturated rings. The number of hydrogen-bond donors (Lipinski definition) is 1. The normalized spacial score (nSPS) is 15.2. The first-order valence-electron chi connectivity index (χ1n) is 12.4. The maximum Gasteiger partial charge on any atom is 0.306 e. The molecule has 2 atom stereocenters. The van der Waals surface area contributed by atoms with Crippen LogP contribution < -0.4 is 14.2 Å². The third kappa shape index (κ3) is 5.98. The molecule has 4 rings (SSSR count). The van der Waals surface area contributed by atoms with Gasteiger partial charge in [0.1, 0.15) is 23.9 Å². The van der Waals surface area contributed by atoms with E-state index in [2.05, 4.69) is 57.2 Å². The third-order valence-corrected chi connectivity index (χ3v) is 7.49. The summed E-state index contributed by atoms with van der Waals surface area (Å²) in [4.78, 5) is 11.4. The van der Waals surface area contributed by atoms with Crippen molar-refractivity contribution in [2.24, 2.45) is 5.92 Å². The van der Waals surface area contributed by atoms with Gasteiger partial charge < -0.3 is 19.3 Å². The van der Waals surface area contributed by atoms with Gasteiger partial charge in [0.2, 0.25) is 0 Å². The zero-order valence-corrected chi connectivity index (χ0v) is 22.2. The average molecular weight is 507 g/mol. The standard InChI is InChI=1S/C30H34O5S/c1-5-36-12-11-33-25-13-19(2)29(20(3)14-25)23-8-6-7-22(15-23)17-34-24-9-10-26-27(21(4)30(31)32)18-35-28(26)16-24/h6-10,13-16,21,27H,5,11-12,17-18H2,1-4H3,(H,31,32)/t21?,27-/m0/s1. The fourth-order valence-corrected chi connectivity index (χ4v) is 5.19. The Labute approximate surface area is 217 Å². The Morgan fingerprint density at radius 2 is 1.86 bits per heavy atom. The number of rotatable bonds is 11. The predicted octanol–water partition coefficient (Wildman–Crippen LogP) is 6.88. The first-order valence-corrected chi connectivity index (χ1v) is 13.6. The van der Waals surface area contributed by atoms with E-state index in [0.717, 1.165) is 40.6 Å². The van der Waals surface area contributed by atoms with Crippen molar-refractivity contribution in [3.63, 3.8) is 0 Å². The topological polar surface area (TPSA) is 65.0 Å². The number of hydrogen-bond acceptors (Lipinski definition) is 5. The molecule has 1 unspecified atom stereocenters. The Kier molecular flexibility index (Phi) is 8.47. The van der Waals surface area contributed by atoms with Gasteiger partial charge in [-0.2, -0.15) is 11.8 Å². The maximum absolute atomic E-state index is 11.4. The molecular formula is C30H34O5S. The van der Waals surface area contributed by atoms with E-state index in [9.17, 15) is 9.90 Å². The van der Waals surface area contributed by atoms with Crippen molar-refractivity contribution in [3.05, 3.63) is 76.9 Å². The van der Waals surface area contributed by atoms with Gasteiger partial charge in [0.05, 0.1) is 19.1 Å². The fraction of sp³-hybridized carbons (Fsp3) is 0.367. The zero-order valence-electron chi connectivity index (χ0n) is 21.4. The van der Waals surface area contributed by atoms with E-state index >= 15 is 0 Å². The van der Waals surface area contributed by atoms with E-state index in [0.29, 0.717) is 24.7 Å². The van der Waals surface area contributed by atoms with Gasteiger partial charge in [-0.3, -0.25) is 4.79 Å². The number of aliphatic carboxylic acids is 1. The van der Waals surface area contributed by atoms with Gasteiger partial charge in [-0.15, -0.1) is 0 Å². The number of thioether (sulfide) groups is 1. The van der Waals surface area contributed by atoms with Gasteiger partial charge in [0.25, 0.3) is 0 Å². The molecule has 1 aliphatic heterocycles. The minimum Gasteiger partial charge on any atom is -0.493 e. The van der Waals surface area contributed by atoms with Crippen molar-refractivity contribution in [1.82, 2.24) is 0 Å². The number of benzene rings is 3. The number of aryl methyl sites for hydroxylation is 2. The van der Waals surface area contributed by atoms with Crippen LogP contribution in [0.1, 0.15) is 42.0 Å². The van der Waals surface area contributed by atoms with E-state index in [1.807, 2.05) is 30.0 Å². The Hall–Kier alpha value is -3.12. The van der Waals surface area contributed by atoms with Crippen LogP contribution in [-0.2, 0) is 11.4 Å². The molecule has 6 heteroatoms. The molecule has 0 bridgehead atoms. The lowest BCUT2D eigenvalue weighted by Crippen LogP contribution is -2.19. The minimum atomic E-state index is -0.810. The number of carbonyl (C=O) groups is 1. The van der Waals surface area contributed by atoms with Gasteiger partial charge in [-0.1, -0.05) is 38.1 Å². The quantitative estimate of drug-likeness (QED) is 0.286. The van der Waals surface area contributed by atoms with Crippen LogP contribution in [0.5, 0.6) is 17.2 Å².